The van der Waals surface area contributed by atoms with Crippen LogP contribution in [0.4, 0.5) is 10.1 Å². The molecule has 0 saturated carbocycles. The molecule has 2 aromatic rings. The fourth-order valence-corrected chi connectivity index (χ4v) is 3.41. The first-order chi connectivity index (χ1) is 13.2. The second kappa shape index (κ2) is 11.2. The molecule has 154 valence electrons. The average molecular weight is 500 g/mol. The zero-order valence-electron chi connectivity index (χ0n) is 16.6. The lowest BCUT2D eigenvalue weighted by Crippen LogP contribution is -2.52. The fraction of sp³-hybridized carbons (Fsp3) is 0.500. The number of guanidine groups is 1. The molecule has 0 spiro atoms. The lowest BCUT2D eigenvalue weighted by atomic mass is 10.2. The maximum absolute atomic E-state index is 13.1. The smallest absolute Gasteiger partial charge is 0.193 e. The van der Waals surface area contributed by atoms with Crippen LogP contribution in [0.5, 0.6) is 0 Å². The Morgan fingerprint density at radius 1 is 1.14 bits per heavy atom. The van der Waals surface area contributed by atoms with Gasteiger partial charge in [0.05, 0.1) is 0 Å². The summed E-state index contributed by atoms with van der Waals surface area (Å²) in [6, 6.07) is 6.74. The lowest BCUT2D eigenvalue weighted by Gasteiger charge is -2.37. The van der Waals surface area contributed by atoms with Crippen molar-refractivity contribution in [1.29, 1.82) is 0 Å². The molecule has 28 heavy (non-hydrogen) atoms. The van der Waals surface area contributed by atoms with Crippen LogP contribution in [0.3, 0.4) is 0 Å². The number of nitrogens with zero attached hydrogens (tertiary/aromatic N) is 5. The van der Waals surface area contributed by atoms with E-state index in [1.165, 1.54) is 12.1 Å². The van der Waals surface area contributed by atoms with Crippen molar-refractivity contribution in [2.45, 2.75) is 26.3 Å². The molecule has 1 aliphatic rings. The monoisotopic (exact) mass is 500 g/mol. The standard InChI is InChI=1S/C20H29FN6.HI/c1-17-23-10-12-25(17)11-4-3-9-24-20(22-2)27-15-13-26(14-16-27)19-7-5-18(21)6-8-19;/h5-8,10,12H,3-4,9,11,13-16H2,1-2H3,(H,22,24);1H. The maximum atomic E-state index is 13.1. The second-order valence-corrected chi connectivity index (χ2v) is 6.80. The van der Waals surface area contributed by atoms with Crippen molar-refractivity contribution in [3.05, 3.63) is 48.3 Å². The fourth-order valence-electron chi connectivity index (χ4n) is 3.41. The van der Waals surface area contributed by atoms with E-state index in [1.807, 2.05) is 38.5 Å². The van der Waals surface area contributed by atoms with Crippen LogP contribution in [0.25, 0.3) is 0 Å². The lowest BCUT2D eigenvalue weighted by molar-refractivity contribution is 0.372. The molecule has 0 aliphatic carbocycles. The van der Waals surface area contributed by atoms with E-state index < -0.39 is 0 Å². The van der Waals surface area contributed by atoms with Gasteiger partial charge >= 0.3 is 0 Å². The van der Waals surface area contributed by atoms with Crippen LogP contribution < -0.4 is 10.2 Å². The van der Waals surface area contributed by atoms with Crippen molar-refractivity contribution in [3.8, 4) is 0 Å². The summed E-state index contributed by atoms with van der Waals surface area (Å²) in [5, 5.41) is 3.48. The van der Waals surface area contributed by atoms with Crippen LogP contribution in [-0.2, 0) is 6.54 Å². The van der Waals surface area contributed by atoms with E-state index in [1.54, 1.807) is 0 Å². The third kappa shape index (κ3) is 6.08. The predicted molar refractivity (Wildman–Crippen MR) is 123 cm³/mol. The minimum Gasteiger partial charge on any atom is -0.368 e. The largest absolute Gasteiger partial charge is 0.368 e. The Labute approximate surface area is 183 Å². The molecule has 6 nitrogen and oxygen atoms in total. The van der Waals surface area contributed by atoms with Gasteiger partial charge in [-0.2, -0.15) is 0 Å². The van der Waals surface area contributed by atoms with Crippen LogP contribution in [0.1, 0.15) is 18.7 Å². The van der Waals surface area contributed by atoms with Crippen LogP contribution in [0.2, 0.25) is 0 Å². The molecule has 1 N–H and O–H groups in total. The van der Waals surface area contributed by atoms with E-state index in [0.29, 0.717) is 0 Å². The van der Waals surface area contributed by atoms with Crippen molar-refractivity contribution in [3.63, 3.8) is 0 Å². The topological polar surface area (TPSA) is 48.7 Å². The molecule has 2 heterocycles. The molecule has 1 aromatic carbocycles. The number of hydrogen-bond donors (Lipinski definition) is 1. The molecular formula is C20H30FIN6. The molecule has 1 aliphatic heterocycles. The summed E-state index contributed by atoms with van der Waals surface area (Å²) in [6.07, 6.45) is 6.08. The van der Waals surface area contributed by atoms with E-state index in [4.69, 9.17) is 0 Å². The van der Waals surface area contributed by atoms with Gasteiger partial charge in [0, 0.05) is 64.4 Å². The third-order valence-electron chi connectivity index (χ3n) is 5.02. The summed E-state index contributed by atoms with van der Waals surface area (Å²) in [5.41, 5.74) is 1.08. The first-order valence-corrected chi connectivity index (χ1v) is 9.61. The Morgan fingerprint density at radius 2 is 1.86 bits per heavy atom. The summed E-state index contributed by atoms with van der Waals surface area (Å²) < 4.78 is 15.3. The van der Waals surface area contributed by atoms with Gasteiger partial charge in [-0.25, -0.2) is 9.37 Å². The minimum absolute atomic E-state index is 0. The Bertz CT molecular complexity index is 737. The van der Waals surface area contributed by atoms with Gasteiger partial charge in [0.1, 0.15) is 11.6 Å². The number of imidazole rings is 1. The molecule has 1 fully saturated rings. The van der Waals surface area contributed by atoms with Crippen molar-refractivity contribution >= 4 is 35.6 Å². The minimum atomic E-state index is -0.190. The van der Waals surface area contributed by atoms with Gasteiger partial charge in [-0.15, -0.1) is 24.0 Å². The van der Waals surface area contributed by atoms with E-state index in [-0.39, 0.29) is 29.8 Å². The molecule has 8 heteroatoms. The Kier molecular flexibility index (Phi) is 9.01. The van der Waals surface area contributed by atoms with Crippen molar-refractivity contribution in [2.75, 3.05) is 44.7 Å². The van der Waals surface area contributed by atoms with Crippen molar-refractivity contribution in [2.24, 2.45) is 4.99 Å². The van der Waals surface area contributed by atoms with Gasteiger partial charge < -0.3 is 19.7 Å². The van der Waals surface area contributed by atoms with Gasteiger partial charge in [0.25, 0.3) is 0 Å². The molecule has 0 atom stereocenters. The van der Waals surface area contributed by atoms with Gasteiger partial charge in [0.2, 0.25) is 0 Å². The molecule has 0 bridgehead atoms. The van der Waals surface area contributed by atoms with Gasteiger partial charge in [-0.1, -0.05) is 0 Å². The number of hydrogen-bond acceptors (Lipinski definition) is 3. The number of piperazine rings is 1. The predicted octanol–water partition coefficient (Wildman–Crippen LogP) is 3.13. The highest BCUT2D eigenvalue weighted by atomic mass is 127. The van der Waals surface area contributed by atoms with Crippen molar-refractivity contribution < 1.29 is 4.39 Å². The molecule has 0 unspecified atom stereocenters. The number of nitrogens with one attached hydrogen (secondary N) is 1. The molecule has 1 saturated heterocycles. The zero-order chi connectivity index (χ0) is 19.1. The summed E-state index contributed by atoms with van der Waals surface area (Å²) in [5.74, 6) is 1.84. The van der Waals surface area contributed by atoms with E-state index in [0.717, 1.165) is 69.6 Å². The van der Waals surface area contributed by atoms with Crippen LogP contribution >= 0.6 is 24.0 Å². The van der Waals surface area contributed by atoms with E-state index in [2.05, 4.69) is 29.7 Å². The van der Waals surface area contributed by atoms with Gasteiger partial charge in [-0.05, 0) is 44.0 Å². The Balaban J connectivity index is 0.00000280. The number of rotatable bonds is 6. The first-order valence-electron chi connectivity index (χ1n) is 9.61. The molecular weight excluding hydrogens is 470 g/mol. The average Bonchev–Trinajstić information content (AvgIpc) is 3.10. The maximum Gasteiger partial charge on any atom is 0.193 e. The SMILES string of the molecule is CN=C(NCCCCn1ccnc1C)N1CCN(c2ccc(F)cc2)CC1.I. The van der Waals surface area contributed by atoms with Crippen LogP contribution in [0, 0.1) is 12.7 Å². The Morgan fingerprint density at radius 3 is 2.46 bits per heavy atom. The highest BCUT2D eigenvalue weighted by Crippen LogP contribution is 2.16. The number of unbranched alkanes of at least 4 members (excludes halogenated alkanes) is 1. The highest BCUT2D eigenvalue weighted by Gasteiger charge is 2.19. The normalized spacial score (nSPS) is 14.8. The zero-order valence-corrected chi connectivity index (χ0v) is 19.0. The number of anilines is 1. The number of benzene rings is 1. The molecule has 1 aromatic heterocycles. The number of aryl methyl sites for hydroxylation is 2. The van der Waals surface area contributed by atoms with Gasteiger partial charge in [0.15, 0.2) is 5.96 Å². The van der Waals surface area contributed by atoms with Gasteiger partial charge in [-0.3, -0.25) is 4.99 Å². The quantitative estimate of drug-likeness (QED) is 0.287. The van der Waals surface area contributed by atoms with E-state index >= 15 is 0 Å². The number of aliphatic imine (C=N–C) groups is 1. The van der Waals surface area contributed by atoms with Crippen molar-refractivity contribution in [1.82, 2.24) is 19.8 Å². The third-order valence-corrected chi connectivity index (χ3v) is 5.02. The Hall–Kier alpha value is -1.84. The summed E-state index contributed by atoms with van der Waals surface area (Å²) in [4.78, 5) is 13.3. The number of halogens is 2. The highest BCUT2D eigenvalue weighted by molar-refractivity contribution is 14.0. The first kappa shape index (κ1) is 22.4. The summed E-state index contributed by atoms with van der Waals surface area (Å²) in [7, 11) is 1.84. The van der Waals surface area contributed by atoms with Crippen LogP contribution in [-0.4, -0.2) is 60.2 Å². The summed E-state index contributed by atoms with van der Waals surface area (Å²) in [6.45, 7) is 7.59. The second-order valence-electron chi connectivity index (χ2n) is 6.80. The molecule has 0 amide bonds. The number of aromatic nitrogens is 2. The van der Waals surface area contributed by atoms with Crippen LogP contribution in [0.15, 0.2) is 41.7 Å². The molecule has 3 rings (SSSR count). The summed E-state index contributed by atoms with van der Waals surface area (Å²) >= 11 is 0. The molecule has 0 radical (unpaired) electrons. The van der Waals surface area contributed by atoms with E-state index in [9.17, 15) is 4.39 Å².